The van der Waals surface area contributed by atoms with Crippen molar-refractivity contribution in [1.82, 2.24) is 19.6 Å². The first-order valence-electron chi connectivity index (χ1n) is 9.88. The quantitative estimate of drug-likeness (QED) is 0.783. The van der Waals surface area contributed by atoms with Crippen LogP contribution < -0.4 is 10.2 Å². The van der Waals surface area contributed by atoms with Gasteiger partial charge in [0.15, 0.2) is 5.76 Å². The monoisotopic (exact) mass is 419 g/mol. The van der Waals surface area contributed by atoms with Crippen molar-refractivity contribution < 1.29 is 17.6 Å². The largest absolute Gasteiger partial charge is 0.455 e. The van der Waals surface area contributed by atoms with Crippen LogP contribution in [0.3, 0.4) is 0 Å². The van der Waals surface area contributed by atoms with Crippen molar-refractivity contribution in [3.63, 3.8) is 0 Å². The van der Waals surface area contributed by atoms with Crippen LogP contribution in [-0.4, -0.2) is 60.8 Å². The van der Waals surface area contributed by atoms with E-state index in [1.165, 1.54) is 10.4 Å². The molecule has 2 aliphatic rings. The first kappa shape index (κ1) is 19.8. The second kappa shape index (κ2) is 8.11. The van der Waals surface area contributed by atoms with Gasteiger partial charge in [0.25, 0.3) is 5.91 Å². The molecule has 1 N–H and O–H groups in total. The zero-order chi connectivity index (χ0) is 20.4. The Morgan fingerprint density at radius 2 is 1.79 bits per heavy atom. The highest BCUT2D eigenvalue weighted by atomic mass is 32.2. The van der Waals surface area contributed by atoms with E-state index in [2.05, 4.69) is 20.2 Å². The number of carbonyl (C=O) groups is 1. The van der Waals surface area contributed by atoms with Crippen LogP contribution in [0.1, 0.15) is 42.0 Å². The van der Waals surface area contributed by atoms with Gasteiger partial charge in [-0.2, -0.15) is 4.31 Å². The third kappa shape index (κ3) is 4.13. The Labute approximate surface area is 170 Å². The number of rotatable bonds is 5. The van der Waals surface area contributed by atoms with E-state index in [1.54, 1.807) is 25.4 Å². The SMILES string of the molecule is Cc1oc(C(=O)NC2CCN(c3ncccn3)CC2)cc1S(=O)(=O)N1CCCC1. The first-order valence-corrected chi connectivity index (χ1v) is 11.3. The molecule has 2 aromatic heterocycles. The van der Waals surface area contributed by atoms with Gasteiger partial charge in [-0.15, -0.1) is 0 Å². The van der Waals surface area contributed by atoms with E-state index >= 15 is 0 Å². The first-order chi connectivity index (χ1) is 13.9. The number of sulfonamides is 1. The highest BCUT2D eigenvalue weighted by Gasteiger charge is 2.32. The van der Waals surface area contributed by atoms with E-state index in [9.17, 15) is 13.2 Å². The molecule has 0 radical (unpaired) electrons. The van der Waals surface area contributed by atoms with Crippen LogP contribution in [0.2, 0.25) is 0 Å². The third-order valence-electron chi connectivity index (χ3n) is 5.44. The molecule has 2 saturated heterocycles. The average molecular weight is 420 g/mol. The molecule has 4 rings (SSSR count). The van der Waals surface area contributed by atoms with Crippen LogP contribution in [0.4, 0.5) is 5.95 Å². The van der Waals surface area contributed by atoms with Crippen LogP contribution >= 0.6 is 0 Å². The zero-order valence-corrected chi connectivity index (χ0v) is 17.2. The Balaban J connectivity index is 1.38. The van der Waals surface area contributed by atoms with Gasteiger partial charge in [-0.25, -0.2) is 18.4 Å². The summed E-state index contributed by atoms with van der Waals surface area (Å²) in [5.74, 6) is 0.591. The van der Waals surface area contributed by atoms with E-state index in [1.807, 2.05) is 0 Å². The Bertz CT molecular complexity index is 962. The number of aryl methyl sites for hydroxylation is 1. The van der Waals surface area contributed by atoms with E-state index in [-0.39, 0.29) is 28.4 Å². The summed E-state index contributed by atoms with van der Waals surface area (Å²) < 4.78 is 32.5. The molecule has 0 unspecified atom stereocenters. The number of anilines is 1. The van der Waals surface area contributed by atoms with Crippen molar-refractivity contribution in [3.05, 3.63) is 36.0 Å². The fourth-order valence-corrected chi connectivity index (χ4v) is 5.51. The van der Waals surface area contributed by atoms with Crippen molar-refractivity contribution in [2.24, 2.45) is 0 Å². The summed E-state index contributed by atoms with van der Waals surface area (Å²) in [6.45, 7) is 4.08. The molecule has 0 aromatic carbocycles. The van der Waals surface area contributed by atoms with Gasteiger partial charge in [0.05, 0.1) is 0 Å². The van der Waals surface area contributed by atoms with Crippen LogP contribution in [0.25, 0.3) is 0 Å². The molecule has 10 heteroatoms. The van der Waals surface area contributed by atoms with Gasteiger partial charge >= 0.3 is 0 Å². The molecule has 4 heterocycles. The number of piperidine rings is 1. The van der Waals surface area contributed by atoms with Crippen molar-refractivity contribution in [3.8, 4) is 0 Å². The number of hydrogen-bond donors (Lipinski definition) is 1. The third-order valence-corrected chi connectivity index (χ3v) is 7.45. The molecular formula is C19H25N5O4S. The minimum absolute atomic E-state index is 0.00786. The van der Waals surface area contributed by atoms with Crippen LogP contribution in [0, 0.1) is 6.92 Å². The molecule has 1 amide bonds. The van der Waals surface area contributed by atoms with Gasteiger partial charge in [0, 0.05) is 50.7 Å². The number of furan rings is 1. The Morgan fingerprint density at radius 3 is 2.45 bits per heavy atom. The lowest BCUT2D eigenvalue weighted by molar-refractivity contribution is 0.0901. The van der Waals surface area contributed by atoms with E-state index in [0.29, 0.717) is 19.0 Å². The van der Waals surface area contributed by atoms with Crippen LogP contribution in [0.5, 0.6) is 0 Å². The van der Waals surface area contributed by atoms with Gasteiger partial charge in [-0.3, -0.25) is 4.79 Å². The molecule has 0 aliphatic carbocycles. The maximum atomic E-state index is 12.8. The highest BCUT2D eigenvalue weighted by molar-refractivity contribution is 7.89. The maximum absolute atomic E-state index is 12.8. The molecule has 29 heavy (non-hydrogen) atoms. The Hall–Kier alpha value is -2.46. The second-order valence-electron chi connectivity index (χ2n) is 7.43. The smallest absolute Gasteiger partial charge is 0.287 e. The van der Waals surface area contributed by atoms with Gasteiger partial charge < -0.3 is 14.6 Å². The normalized spacial score (nSPS) is 18.9. The summed E-state index contributed by atoms with van der Waals surface area (Å²) in [6.07, 6.45) is 6.64. The van der Waals surface area contributed by atoms with E-state index < -0.39 is 10.0 Å². The fraction of sp³-hybridized carbons (Fsp3) is 0.526. The minimum atomic E-state index is -3.61. The van der Waals surface area contributed by atoms with Crippen LogP contribution in [0.15, 0.2) is 33.8 Å². The zero-order valence-electron chi connectivity index (χ0n) is 16.4. The van der Waals surface area contributed by atoms with Crippen molar-refractivity contribution >= 4 is 21.9 Å². The van der Waals surface area contributed by atoms with Gasteiger partial charge in [0.2, 0.25) is 16.0 Å². The number of amides is 1. The van der Waals surface area contributed by atoms with Gasteiger partial charge in [0.1, 0.15) is 10.7 Å². The lowest BCUT2D eigenvalue weighted by atomic mass is 10.1. The number of hydrogen-bond acceptors (Lipinski definition) is 7. The van der Waals surface area contributed by atoms with Crippen molar-refractivity contribution in [2.45, 2.75) is 43.5 Å². The number of carbonyl (C=O) groups excluding carboxylic acids is 1. The number of nitrogens with one attached hydrogen (secondary N) is 1. The van der Waals surface area contributed by atoms with Crippen molar-refractivity contribution in [2.75, 3.05) is 31.1 Å². The predicted molar refractivity (Wildman–Crippen MR) is 106 cm³/mol. The molecule has 0 bridgehead atoms. The fourth-order valence-electron chi connectivity index (χ4n) is 3.84. The van der Waals surface area contributed by atoms with Gasteiger partial charge in [-0.05, 0) is 38.7 Å². The number of nitrogens with zero attached hydrogens (tertiary/aromatic N) is 4. The van der Waals surface area contributed by atoms with Crippen molar-refractivity contribution in [1.29, 1.82) is 0 Å². The lowest BCUT2D eigenvalue weighted by Gasteiger charge is -2.32. The molecule has 0 saturated carbocycles. The molecular weight excluding hydrogens is 394 g/mol. The van der Waals surface area contributed by atoms with E-state index in [4.69, 9.17) is 4.42 Å². The van der Waals surface area contributed by atoms with Crippen LogP contribution in [-0.2, 0) is 10.0 Å². The summed E-state index contributed by atoms with van der Waals surface area (Å²) in [7, 11) is -3.61. The molecule has 0 atom stereocenters. The topological polar surface area (TPSA) is 109 Å². The second-order valence-corrected chi connectivity index (χ2v) is 9.33. The highest BCUT2D eigenvalue weighted by Crippen LogP contribution is 2.26. The Morgan fingerprint density at radius 1 is 1.14 bits per heavy atom. The van der Waals surface area contributed by atoms with Gasteiger partial charge in [-0.1, -0.05) is 0 Å². The number of aromatic nitrogens is 2. The predicted octanol–water partition coefficient (Wildman–Crippen LogP) is 1.56. The molecule has 2 aliphatic heterocycles. The molecule has 156 valence electrons. The maximum Gasteiger partial charge on any atom is 0.287 e. The standard InChI is InChI=1S/C19H25N5O4S/c1-14-17(29(26,27)24-9-2-3-10-24)13-16(28-14)18(25)22-15-5-11-23(12-6-15)19-20-7-4-8-21-19/h4,7-8,13,15H,2-3,5-6,9-12H2,1H3,(H,22,25). The summed E-state index contributed by atoms with van der Waals surface area (Å²) >= 11 is 0. The minimum Gasteiger partial charge on any atom is -0.455 e. The molecule has 2 aromatic rings. The lowest BCUT2D eigenvalue weighted by Crippen LogP contribution is -2.45. The molecule has 2 fully saturated rings. The van der Waals surface area contributed by atoms with E-state index in [0.717, 1.165) is 38.8 Å². The Kier molecular flexibility index (Phi) is 5.55. The summed E-state index contributed by atoms with van der Waals surface area (Å²) in [5.41, 5.74) is 0. The molecule has 9 nitrogen and oxygen atoms in total. The average Bonchev–Trinajstić information content (AvgIpc) is 3.40. The molecule has 0 spiro atoms. The summed E-state index contributed by atoms with van der Waals surface area (Å²) in [5, 5.41) is 2.96. The summed E-state index contributed by atoms with van der Waals surface area (Å²) in [6, 6.07) is 3.12. The summed E-state index contributed by atoms with van der Waals surface area (Å²) in [4.78, 5) is 23.3.